The Morgan fingerprint density at radius 3 is 2.25 bits per heavy atom. The van der Waals surface area contributed by atoms with Crippen molar-refractivity contribution in [2.24, 2.45) is 0 Å². The minimum Gasteiger partial charge on any atom is -0.458 e. The quantitative estimate of drug-likeness (QED) is 0.118. The van der Waals surface area contributed by atoms with Crippen molar-refractivity contribution in [3.05, 3.63) is 198 Å². The molecule has 0 unspecified atom stereocenters. The lowest BCUT2D eigenvalue weighted by Crippen LogP contribution is -2.35. The van der Waals surface area contributed by atoms with Crippen LogP contribution in [0.15, 0.2) is 164 Å². The number of hydrogen-bond donors (Lipinski definition) is 0. The topological polar surface area (TPSA) is 35.9 Å². The molecule has 0 saturated heterocycles. The van der Waals surface area contributed by atoms with E-state index in [0.717, 1.165) is 6.20 Å². The molecule has 0 N–H and O–H groups in total. The van der Waals surface area contributed by atoms with Gasteiger partial charge in [0.1, 0.15) is 17.3 Å². The number of fused-ring (bicyclic) bond motifs is 5. The summed E-state index contributed by atoms with van der Waals surface area (Å²) in [5.74, 6) is 0.561. The molecule has 3 heterocycles. The van der Waals surface area contributed by atoms with Gasteiger partial charge in [-0.3, -0.25) is 13.7 Å². The minimum atomic E-state index is -4.53. The number of nitrogens with zero attached hydrogens (tertiary/aromatic N) is 4. The molecule has 0 bridgehead atoms. The number of ether oxygens (including phenoxy) is 1. The fourth-order valence-electron chi connectivity index (χ4n) is 8.79. The zero-order valence-electron chi connectivity index (χ0n) is 65.2. The molecule has 0 fully saturated rings. The lowest BCUT2D eigenvalue weighted by molar-refractivity contribution is -0.572. The van der Waals surface area contributed by atoms with E-state index in [4.69, 9.17) is 34.9 Å². The molecule has 0 radical (unpaired) electrons. The van der Waals surface area contributed by atoms with Gasteiger partial charge in [-0.1, -0.05) is 157 Å². The normalized spacial score (nSPS) is 23.4. The lowest BCUT2D eigenvalue weighted by atomic mass is 9.63. The SMILES string of the molecule is [2H]c1c([2H])c([2H])c(C([2H])([2H])[2H])c(-c2cnc(-n3c4ccccc4c4ccc(Oc5cccc(-n6[c-][n+](-c7c(-c8c([2H])c([2H])c9c(c8[2H])C(C([2H])([2H])[2H])(C([2H])([2H])[2H])C([2H])([2H])C([2H])([2H])C9(C([2H])([2H])[2H])C([2H])([2H])[2H])cccc7C(C)(C)C)c7ccccc76)c5)cc43)cc2C([2H])([2H])[2H])c1[2H]. The van der Waals surface area contributed by atoms with Crippen LogP contribution in [0.3, 0.4) is 0 Å². The third kappa shape index (κ3) is 7.23. The van der Waals surface area contributed by atoms with Gasteiger partial charge in [-0.25, -0.2) is 4.98 Å². The van der Waals surface area contributed by atoms with Crippen LogP contribution in [0.25, 0.3) is 72.3 Å². The molecule has 332 valence electrons. The molecule has 11 rings (SSSR count). The van der Waals surface area contributed by atoms with Crippen molar-refractivity contribution in [1.82, 2.24) is 14.1 Å². The summed E-state index contributed by atoms with van der Waals surface area (Å²) in [6, 6.07) is 24.5. The van der Waals surface area contributed by atoms with Gasteiger partial charge >= 0.3 is 0 Å². The largest absolute Gasteiger partial charge is 0.458 e. The monoisotopic (exact) mass is 904 g/mol. The molecule has 0 aliphatic heterocycles. The maximum atomic E-state index is 10.1. The molecule has 5 heteroatoms. The fourth-order valence-corrected chi connectivity index (χ4v) is 8.79. The summed E-state index contributed by atoms with van der Waals surface area (Å²) >= 11 is 0. The van der Waals surface area contributed by atoms with Crippen molar-refractivity contribution in [1.29, 1.82) is 0 Å². The standard InChI is InChI=1S/C62H58N4O/c1-40-18-10-11-21-46(40)50-38-63-58(34-41(50)2)66-54-25-13-12-22-48(54)49-30-29-45(37-57(49)66)67-44-20-16-19-43(36-44)64-39-65(56-27-15-14-26-55(56)64)59-47(23-17-24-52(59)60(3,4)5)42-28-31-51-53(35-42)62(8,9)33-32-61(51,6)7/h10-31,34-38H,32-33H2,1-9H3/i1D3,2D3,6D3,7D3,8D3,9D3,10D,11D,18D,21D,28D,31D,32D2,33D2,35D. The molecule has 10 aromatic rings. The second-order valence-electron chi connectivity index (χ2n) is 17.4. The number of aromatic nitrogens is 4. The predicted octanol–water partition coefficient (Wildman–Crippen LogP) is 15.6. The Morgan fingerprint density at radius 1 is 0.687 bits per heavy atom. The smallest absolute Gasteiger partial charge is 0.269 e. The number of para-hydroxylation sites is 4. The van der Waals surface area contributed by atoms with Crippen LogP contribution in [0.2, 0.25) is 0 Å². The van der Waals surface area contributed by atoms with E-state index in [1.54, 1.807) is 100 Å². The molecule has 3 aromatic heterocycles. The summed E-state index contributed by atoms with van der Waals surface area (Å²) in [7, 11) is 0. The number of hydrogen-bond acceptors (Lipinski definition) is 2. The average molecular weight is 904 g/mol. The third-order valence-electron chi connectivity index (χ3n) is 11.9. The van der Waals surface area contributed by atoms with Crippen LogP contribution in [0.4, 0.5) is 0 Å². The second kappa shape index (κ2) is 15.7. The van der Waals surface area contributed by atoms with Gasteiger partial charge in [0.25, 0.3) is 6.33 Å². The summed E-state index contributed by atoms with van der Waals surface area (Å²) in [6.07, 6.45) is -4.59. The maximum Gasteiger partial charge on any atom is 0.269 e. The molecular weight excluding hydrogens is 817 g/mol. The first kappa shape index (κ1) is 21.2. The number of aryl methyl sites for hydroxylation is 1. The molecule has 1 aliphatic carbocycles. The summed E-state index contributed by atoms with van der Waals surface area (Å²) < 4.78 is 269. The Kier molecular flexibility index (Phi) is 4.96. The van der Waals surface area contributed by atoms with Gasteiger partial charge in [0.2, 0.25) is 0 Å². The van der Waals surface area contributed by atoms with E-state index in [0.29, 0.717) is 44.1 Å². The summed E-state index contributed by atoms with van der Waals surface area (Å²) in [4.78, 5) is 4.65. The average Bonchev–Trinajstić information content (AvgIpc) is 0.698. The highest BCUT2D eigenvalue weighted by Crippen LogP contribution is 2.48. The lowest BCUT2D eigenvalue weighted by Gasteiger charge is -2.42. The van der Waals surface area contributed by atoms with Crippen LogP contribution in [0.5, 0.6) is 11.5 Å². The van der Waals surface area contributed by atoms with Gasteiger partial charge in [-0.15, -0.1) is 0 Å². The molecule has 5 nitrogen and oxygen atoms in total. The van der Waals surface area contributed by atoms with Crippen molar-refractivity contribution in [2.45, 2.75) is 90.9 Å². The van der Waals surface area contributed by atoms with Crippen molar-refractivity contribution in [3.8, 4) is 50.9 Å². The highest BCUT2D eigenvalue weighted by Gasteiger charge is 2.37. The molecule has 0 atom stereocenters. The Bertz CT molecular complexity index is 4830. The fraction of sp³-hybridized carbons (Fsp3) is 0.226. The van der Waals surface area contributed by atoms with E-state index in [2.05, 4.69) is 11.3 Å². The first-order valence-corrected chi connectivity index (χ1v) is 21.2. The molecule has 0 spiro atoms. The highest BCUT2D eigenvalue weighted by molar-refractivity contribution is 6.09. The molecular formula is C62H58N4O. The Morgan fingerprint density at radius 2 is 1.43 bits per heavy atom. The minimum absolute atomic E-state index is 0.0473. The van der Waals surface area contributed by atoms with Gasteiger partial charge in [-0.05, 0) is 130 Å². The zero-order chi connectivity index (χ0) is 71.1. The van der Waals surface area contributed by atoms with E-state index >= 15 is 0 Å². The Hall–Kier alpha value is -7.24. The number of pyridine rings is 1. The summed E-state index contributed by atoms with van der Waals surface area (Å²) in [6.45, 7) is -17.7. The van der Waals surface area contributed by atoms with Gasteiger partial charge in [0.05, 0.1) is 43.0 Å². The Labute approximate surface area is 435 Å². The van der Waals surface area contributed by atoms with Crippen LogP contribution in [0, 0.1) is 20.0 Å². The number of benzene rings is 7. The zero-order valence-corrected chi connectivity index (χ0v) is 36.2. The van der Waals surface area contributed by atoms with Crippen molar-refractivity contribution >= 4 is 32.8 Å². The van der Waals surface area contributed by atoms with E-state index in [9.17, 15) is 9.60 Å². The molecule has 7 aromatic carbocycles. The third-order valence-corrected chi connectivity index (χ3v) is 11.9. The highest BCUT2D eigenvalue weighted by atomic mass is 16.5. The second-order valence-corrected chi connectivity index (χ2v) is 17.4. The van der Waals surface area contributed by atoms with Gasteiger partial charge in [0.15, 0.2) is 0 Å². The van der Waals surface area contributed by atoms with Crippen LogP contribution < -0.4 is 9.30 Å². The predicted molar refractivity (Wildman–Crippen MR) is 277 cm³/mol. The Balaban J connectivity index is 1.10. The summed E-state index contributed by atoms with van der Waals surface area (Å²) in [5.41, 5.74) is -13.0. The maximum absolute atomic E-state index is 10.1. The van der Waals surface area contributed by atoms with Gasteiger partial charge in [-0.2, -0.15) is 0 Å². The van der Waals surface area contributed by atoms with Crippen molar-refractivity contribution < 1.29 is 49.1 Å². The first-order chi connectivity index (χ1) is 44.0. The summed E-state index contributed by atoms with van der Waals surface area (Å²) in [5, 5.41) is 1.38. The van der Waals surface area contributed by atoms with E-state index in [1.807, 2.05) is 26.8 Å². The van der Waals surface area contributed by atoms with Gasteiger partial charge in [0, 0.05) is 58.8 Å². The van der Waals surface area contributed by atoms with E-state index in [1.165, 1.54) is 22.8 Å². The number of rotatable bonds is 7. The van der Waals surface area contributed by atoms with Crippen LogP contribution in [0.1, 0.15) is 128 Å². The van der Waals surface area contributed by atoms with E-state index < -0.39 is 146 Å². The molecule has 1 aliphatic rings. The van der Waals surface area contributed by atoms with Crippen LogP contribution >= 0.6 is 0 Å². The van der Waals surface area contributed by atoms with Crippen LogP contribution in [-0.2, 0) is 16.2 Å². The van der Waals surface area contributed by atoms with E-state index in [-0.39, 0.29) is 34.1 Å². The van der Waals surface area contributed by atoms with Crippen molar-refractivity contribution in [2.75, 3.05) is 0 Å². The molecule has 0 saturated carbocycles. The van der Waals surface area contributed by atoms with Crippen molar-refractivity contribution in [3.63, 3.8) is 0 Å². The molecule has 0 amide bonds. The first-order valence-electron chi connectivity index (χ1n) is 35.7. The van der Waals surface area contributed by atoms with Gasteiger partial charge < -0.3 is 4.74 Å². The number of imidazole rings is 1. The molecule has 67 heavy (non-hydrogen) atoms. The van der Waals surface area contributed by atoms with Crippen LogP contribution in [-0.4, -0.2) is 14.1 Å².